The van der Waals surface area contributed by atoms with Crippen LogP contribution in [0, 0.1) is 0 Å². The van der Waals surface area contributed by atoms with Gasteiger partial charge in [-0.05, 0) is 48.0 Å². The van der Waals surface area contributed by atoms with Crippen molar-refractivity contribution in [3.05, 3.63) is 95.9 Å². The van der Waals surface area contributed by atoms with E-state index in [0.717, 1.165) is 5.56 Å². The second kappa shape index (κ2) is 7.15. The lowest BCUT2D eigenvalue weighted by Gasteiger charge is -2.06. The Morgan fingerprint density at radius 2 is 1.21 bits per heavy atom. The third-order valence-corrected chi connectivity index (χ3v) is 4.79. The summed E-state index contributed by atoms with van der Waals surface area (Å²) in [4.78, 5) is 0.232. The van der Waals surface area contributed by atoms with Gasteiger partial charge in [0.2, 0.25) is 0 Å². The van der Waals surface area contributed by atoms with Gasteiger partial charge in [-0.3, -0.25) is 0 Å². The Balaban J connectivity index is 1.76. The van der Waals surface area contributed by atoms with Gasteiger partial charge in [0, 0.05) is 5.41 Å². The monoisotopic (exact) mass is 336 g/mol. The van der Waals surface area contributed by atoms with E-state index < -0.39 is 9.84 Å². The van der Waals surface area contributed by atoms with Gasteiger partial charge in [-0.1, -0.05) is 48.5 Å². The molecule has 0 unspecified atom stereocenters. The molecule has 0 aliphatic rings. The Bertz CT molecular complexity index is 914. The smallest absolute Gasteiger partial charge is 0.199 e. The summed E-state index contributed by atoms with van der Waals surface area (Å²) in [5.41, 5.74) is 0.838. The number of hydrogen-bond acceptors (Lipinski definition) is 3. The van der Waals surface area contributed by atoms with Crippen molar-refractivity contribution in [1.29, 1.82) is 0 Å². The van der Waals surface area contributed by atoms with Crippen LogP contribution in [0.2, 0.25) is 0 Å². The first kappa shape index (κ1) is 16.0. The standard InChI is InChI=1S/C20H16O3S/c21-24(22,16-15-17-7-3-1-4-8-17)20-13-11-19(12-14-20)23-18-9-5-2-6-10-18/h1-16H. The van der Waals surface area contributed by atoms with Gasteiger partial charge in [-0.25, -0.2) is 8.42 Å². The van der Waals surface area contributed by atoms with E-state index in [4.69, 9.17) is 4.74 Å². The minimum atomic E-state index is -3.48. The molecule has 0 N–H and O–H groups in total. The molecule has 0 aromatic heterocycles. The number of hydrogen-bond donors (Lipinski definition) is 0. The molecule has 4 heteroatoms. The molecule has 3 nitrogen and oxygen atoms in total. The lowest BCUT2D eigenvalue weighted by atomic mass is 10.2. The summed E-state index contributed by atoms with van der Waals surface area (Å²) in [5.74, 6) is 1.30. The fourth-order valence-electron chi connectivity index (χ4n) is 2.13. The van der Waals surface area contributed by atoms with Crippen LogP contribution in [0.15, 0.2) is 95.2 Å². The van der Waals surface area contributed by atoms with Crippen molar-refractivity contribution in [2.75, 3.05) is 0 Å². The van der Waals surface area contributed by atoms with E-state index in [2.05, 4.69) is 0 Å². The summed E-state index contributed by atoms with van der Waals surface area (Å²) in [6.45, 7) is 0. The molecule has 0 aliphatic carbocycles. The van der Waals surface area contributed by atoms with Crippen LogP contribution in [0.25, 0.3) is 6.08 Å². The minimum Gasteiger partial charge on any atom is -0.457 e. The van der Waals surface area contributed by atoms with Crippen LogP contribution in [0.4, 0.5) is 0 Å². The van der Waals surface area contributed by atoms with Crippen molar-refractivity contribution >= 4 is 15.9 Å². The summed E-state index contributed by atoms with van der Waals surface area (Å²) < 4.78 is 30.4. The predicted octanol–water partition coefficient (Wildman–Crippen LogP) is 4.92. The summed E-state index contributed by atoms with van der Waals surface area (Å²) >= 11 is 0. The van der Waals surface area contributed by atoms with Gasteiger partial charge in [0.05, 0.1) is 4.90 Å². The van der Waals surface area contributed by atoms with Crippen LogP contribution in [-0.4, -0.2) is 8.42 Å². The van der Waals surface area contributed by atoms with Crippen LogP contribution in [-0.2, 0) is 9.84 Å². The summed E-state index contributed by atoms with van der Waals surface area (Å²) in [6, 6.07) is 25.0. The molecule has 0 fully saturated rings. The van der Waals surface area contributed by atoms with E-state index in [-0.39, 0.29) is 4.90 Å². The number of ether oxygens (including phenoxy) is 1. The van der Waals surface area contributed by atoms with Crippen LogP contribution < -0.4 is 4.74 Å². The lowest BCUT2D eigenvalue weighted by molar-refractivity contribution is 0.482. The first-order valence-corrected chi connectivity index (χ1v) is 8.99. The van der Waals surface area contributed by atoms with Crippen molar-refractivity contribution in [3.8, 4) is 11.5 Å². The maximum atomic E-state index is 12.3. The predicted molar refractivity (Wildman–Crippen MR) is 95.6 cm³/mol. The van der Waals surface area contributed by atoms with Crippen molar-refractivity contribution < 1.29 is 13.2 Å². The van der Waals surface area contributed by atoms with Gasteiger partial charge in [-0.15, -0.1) is 0 Å². The van der Waals surface area contributed by atoms with E-state index in [0.29, 0.717) is 11.5 Å². The summed E-state index contributed by atoms with van der Waals surface area (Å²) in [5, 5.41) is 1.22. The first-order valence-electron chi connectivity index (χ1n) is 7.45. The first-order chi connectivity index (χ1) is 11.6. The van der Waals surface area contributed by atoms with Gasteiger partial charge >= 0.3 is 0 Å². The van der Waals surface area contributed by atoms with Crippen LogP contribution in [0.3, 0.4) is 0 Å². The molecule has 0 atom stereocenters. The largest absolute Gasteiger partial charge is 0.457 e. The van der Waals surface area contributed by atoms with Crippen LogP contribution >= 0.6 is 0 Å². The molecule has 0 bridgehead atoms. The second-order valence-electron chi connectivity index (χ2n) is 5.14. The molecule has 3 rings (SSSR count). The van der Waals surface area contributed by atoms with Gasteiger partial charge < -0.3 is 4.74 Å². The highest BCUT2D eigenvalue weighted by Gasteiger charge is 2.10. The normalized spacial score (nSPS) is 11.5. The Hall–Kier alpha value is -2.85. The number of benzene rings is 3. The molecule has 0 spiro atoms. The van der Waals surface area contributed by atoms with Gasteiger partial charge in [-0.2, -0.15) is 0 Å². The van der Waals surface area contributed by atoms with Crippen LogP contribution in [0.5, 0.6) is 11.5 Å². The highest BCUT2D eigenvalue weighted by Crippen LogP contribution is 2.23. The van der Waals surface area contributed by atoms with Gasteiger partial charge in [0.25, 0.3) is 0 Å². The van der Waals surface area contributed by atoms with E-state index in [1.807, 2.05) is 60.7 Å². The quantitative estimate of drug-likeness (QED) is 0.664. The van der Waals surface area contributed by atoms with Crippen molar-refractivity contribution in [2.24, 2.45) is 0 Å². The molecule has 24 heavy (non-hydrogen) atoms. The summed E-state index contributed by atoms with van der Waals surface area (Å²) in [7, 11) is -3.48. The maximum Gasteiger partial charge on any atom is 0.199 e. The SMILES string of the molecule is O=S(=O)(C=Cc1ccccc1)c1ccc(Oc2ccccc2)cc1. The van der Waals surface area contributed by atoms with Crippen molar-refractivity contribution in [2.45, 2.75) is 4.90 Å². The van der Waals surface area contributed by atoms with Gasteiger partial charge in [0.15, 0.2) is 9.84 Å². The average Bonchev–Trinajstić information content (AvgIpc) is 2.62. The molecule has 0 aliphatic heterocycles. The molecular weight excluding hydrogens is 320 g/mol. The number of rotatable bonds is 5. The molecule has 3 aromatic carbocycles. The zero-order valence-corrected chi connectivity index (χ0v) is 13.7. The zero-order chi connectivity index (χ0) is 16.8. The van der Waals surface area contributed by atoms with E-state index in [9.17, 15) is 8.42 Å². The average molecular weight is 336 g/mol. The Labute approximate surface area is 141 Å². The van der Waals surface area contributed by atoms with E-state index in [1.54, 1.807) is 30.3 Å². The second-order valence-corrected chi connectivity index (χ2v) is 6.98. The van der Waals surface area contributed by atoms with E-state index >= 15 is 0 Å². The molecule has 0 saturated carbocycles. The molecule has 0 heterocycles. The zero-order valence-electron chi connectivity index (χ0n) is 12.9. The Kier molecular flexibility index (Phi) is 4.77. The number of sulfone groups is 1. The minimum absolute atomic E-state index is 0.232. The number of para-hydroxylation sites is 1. The lowest BCUT2D eigenvalue weighted by Crippen LogP contribution is -1.96. The fraction of sp³-hybridized carbons (Fsp3) is 0. The highest BCUT2D eigenvalue weighted by atomic mass is 32.2. The molecule has 0 saturated heterocycles. The molecular formula is C20H16O3S. The van der Waals surface area contributed by atoms with Gasteiger partial charge in [0.1, 0.15) is 11.5 Å². The highest BCUT2D eigenvalue weighted by molar-refractivity contribution is 7.94. The molecule has 120 valence electrons. The fourth-order valence-corrected chi connectivity index (χ4v) is 3.14. The maximum absolute atomic E-state index is 12.3. The topological polar surface area (TPSA) is 43.4 Å². The van der Waals surface area contributed by atoms with Crippen molar-refractivity contribution in [3.63, 3.8) is 0 Å². The molecule has 0 radical (unpaired) electrons. The molecule has 3 aromatic rings. The Morgan fingerprint density at radius 3 is 1.83 bits per heavy atom. The third-order valence-electron chi connectivity index (χ3n) is 3.37. The summed E-state index contributed by atoms with van der Waals surface area (Å²) in [6.07, 6.45) is 1.59. The van der Waals surface area contributed by atoms with Crippen LogP contribution in [0.1, 0.15) is 5.56 Å². The molecule has 0 amide bonds. The third kappa shape index (κ3) is 4.12. The van der Waals surface area contributed by atoms with Crippen molar-refractivity contribution in [1.82, 2.24) is 0 Å². The van der Waals surface area contributed by atoms with E-state index in [1.165, 1.54) is 5.41 Å². The Morgan fingerprint density at radius 1 is 0.667 bits per heavy atom.